The third kappa shape index (κ3) is 7.12. The molecule has 3 heterocycles. The zero-order chi connectivity index (χ0) is 17.9. The van der Waals surface area contributed by atoms with E-state index in [1.165, 1.54) is 19.0 Å². The number of hydrogen-bond acceptors (Lipinski definition) is 6. The topological polar surface area (TPSA) is 125 Å². The number of rotatable bonds is 3. The van der Waals surface area contributed by atoms with Crippen LogP contribution in [0.15, 0.2) is 19.0 Å². The Morgan fingerprint density at radius 3 is 0.875 bits per heavy atom. The second-order valence-corrected chi connectivity index (χ2v) is 6.08. The largest absolute Gasteiger partial charge is 0.263 e. The van der Waals surface area contributed by atoms with Gasteiger partial charge in [0.15, 0.2) is 0 Å². The first-order valence-electron chi connectivity index (χ1n) is 7.97. The monoisotopic (exact) mass is 333 g/mol. The normalized spacial score (nSPS) is 10.4. The molecule has 0 amide bonds. The molecule has 0 saturated heterocycles. The van der Waals surface area contributed by atoms with Crippen molar-refractivity contribution in [3.05, 3.63) is 36.5 Å². The summed E-state index contributed by atoms with van der Waals surface area (Å²) < 4.78 is 0. The van der Waals surface area contributed by atoms with Crippen LogP contribution in [0.25, 0.3) is 0 Å². The zero-order valence-corrected chi connectivity index (χ0v) is 15.1. The first kappa shape index (κ1) is 19.5. The molecule has 9 nitrogen and oxygen atoms in total. The molecule has 132 valence electrons. The fraction of sp³-hybridized carbons (Fsp3) is 0.600. The molecule has 0 aromatic carbocycles. The molecule has 0 unspecified atom stereocenters. The van der Waals surface area contributed by atoms with Crippen molar-refractivity contribution >= 4 is 0 Å². The SMILES string of the molecule is CC(C)c1ncn[nH]1.CC(C)c1ncn[nH]1.CC(C)c1ncn[nH]1. The van der Waals surface area contributed by atoms with Gasteiger partial charge in [0.05, 0.1) is 0 Å². The van der Waals surface area contributed by atoms with E-state index < -0.39 is 0 Å². The maximum Gasteiger partial charge on any atom is 0.137 e. The molecular formula is C15H27N9. The van der Waals surface area contributed by atoms with Gasteiger partial charge in [-0.05, 0) is 0 Å². The van der Waals surface area contributed by atoms with E-state index in [0.29, 0.717) is 17.8 Å². The third-order valence-electron chi connectivity index (χ3n) is 2.94. The number of aromatic amines is 3. The first-order chi connectivity index (χ1) is 11.4. The molecule has 3 rings (SSSR count). The molecule has 0 atom stereocenters. The van der Waals surface area contributed by atoms with Gasteiger partial charge in [-0.3, -0.25) is 15.3 Å². The van der Waals surface area contributed by atoms with Crippen LogP contribution in [0.5, 0.6) is 0 Å². The van der Waals surface area contributed by atoms with E-state index in [4.69, 9.17) is 0 Å². The lowest BCUT2D eigenvalue weighted by Crippen LogP contribution is -1.88. The summed E-state index contributed by atoms with van der Waals surface area (Å²) in [4.78, 5) is 11.8. The Labute approximate surface area is 142 Å². The summed E-state index contributed by atoms with van der Waals surface area (Å²) in [6, 6.07) is 0. The second-order valence-electron chi connectivity index (χ2n) is 6.08. The predicted octanol–water partition coefficient (Wildman–Crippen LogP) is 2.78. The highest BCUT2D eigenvalue weighted by Crippen LogP contribution is 2.05. The van der Waals surface area contributed by atoms with E-state index in [0.717, 1.165) is 17.5 Å². The molecule has 0 fully saturated rings. The van der Waals surface area contributed by atoms with Crippen molar-refractivity contribution in [2.75, 3.05) is 0 Å². The van der Waals surface area contributed by atoms with E-state index >= 15 is 0 Å². The summed E-state index contributed by atoms with van der Waals surface area (Å²) in [6.45, 7) is 12.4. The fourth-order valence-electron chi connectivity index (χ4n) is 1.48. The zero-order valence-electron chi connectivity index (χ0n) is 15.1. The van der Waals surface area contributed by atoms with Gasteiger partial charge in [-0.1, -0.05) is 41.5 Å². The number of H-pyrrole nitrogens is 3. The van der Waals surface area contributed by atoms with E-state index in [9.17, 15) is 0 Å². The van der Waals surface area contributed by atoms with Crippen LogP contribution in [0.4, 0.5) is 0 Å². The lowest BCUT2D eigenvalue weighted by atomic mass is 10.2. The highest BCUT2D eigenvalue weighted by Gasteiger charge is 1.99. The Hall–Kier alpha value is -2.58. The van der Waals surface area contributed by atoms with E-state index in [2.05, 4.69) is 87.1 Å². The van der Waals surface area contributed by atoms with Gasteiger partial charge in [0.25, 0.3) is 0 Å². The van der Waals surface area contributed by atoms with Crippen molar-refractivity contribution in [1.29, 1.82) is 0 Å². The molecular weight excluding hydrogens is 306 g/mol. The van der Waals surface area contributed by atoms with Crippen molar-refractivity contribution < 1.29 is 0 Å². The Morgan fingerprint density at radius 2 is 0.792 bits per heavy atom. The number of hydrogen-bond donors (Lipinski definition) is 3. The lowest BCUT2D eigenvalue weighted by molar-refractivity contribution is 0.781. The molecule has 0 saturated carbocycles. The third-order valence-corrected chi connectivity index (χ3v) is 2.94. The number of nitrogens with zero attached hydrogens (tertiary/aromatic N) is 6. The van der Waals surface area contributed by atoms with Crippen LogP contribution in [-0.4, -0.2) is 45.5 Å². The summed E-state index contributed by atoms with van der Waals surface area (Å²) in [5.41, 5.74) is 0. The Kier molecular flexibility index (Phi) is 8.31. The molecule has 0 bridgehead atoms. The molecule has 3 aromatic heterocycles. The van der Waals surface area contributed by atoms with Crippen LogP contribution in [-0.2, 0) is 0 Å². The smallest absolute Gasteiger partial charge is 0.137 e. The standard InChI is InChI=1S/3C5H9N3/c3*1-4(2)5-6-3-7-8-5/h3*3-4H,1-2H3,(H,6,7,8). The minimum absolute atomic E-state index is 0.456. The van der Waals surface area contributed by atoms with Crippen LogP contribution in [0.1, 0.15) is 76.8 Å². The lowest BCUT2D eigenvalue weighted by Gasteiger charge is -1.93. The van der Waals surface area contributed by atoms with Crippen molar-refractivity contribution in [1.82, 2.24) is 45.5 Å². The molecule has 0 aliphatic rings. The van der Waals surface area contributed by atoms with Gasteiger partial charge in [-0.25, -0.2) is 15.0 Å². The van der Waals surface area contributed by atoms with Gasteiger partial charge in [-0.2, -0.15) is 15.3 Å². The van der Waals surface area contributed by atoms with Gasteiger partial charge in [0.1, 0.15) is 36.5 Å². The minimum Gasteiger partial charge on any atom is -0.263 e. The van der Waals surface area contributed by atoms with Crippen molar-refractivity contribution in [2.45, 2.75) is 59.3 Å². The van der Waals surface area contributed by atoms with Crippen molar-refractivity contribution in [2.24, 2.45) is 0 Å². The van der Waals surface area contributed by atoms with Crippen LogP contribution in [0.3, 0.4) is 0 Å². The maximum absolute atomic E-state index is 3.95. The summed E-state index contributed by atoms with van der Waals surface area (Å²) >= 11 is 0. The van der Waals surface area contributed by atoms with Gasteiger partial charge in [-0.15, -0.1) is 0 Å². The Balaban J connectivity index is 0.000000180. The molecule has 3 N–H and O–H groups in total. The van der Waals surface area contributed by atoms with Gasteiger partial charge < -0.3 is 0 Å². The van der Waals surface area contributed by atoms with Gasteiger partial charge >= 0.3 is 0 Å². The molecule has 3 aromatic rings. The van der Waals surface area contributed by atoms with E-state index in [-0.39, 0.29) is 0 Å². The highest BCUT2D eigenvalue weighted by molar-refractivity contribution is 4.87. The Bertz CT molecular complexity index is 519. The van der Waals surface area contributed by atoms with Crippen LogP contribution in [0, 0.1) is 0 Å². The molecule has 24 heavy (non-hydrogen) atoms. The quantitative estimate of drug-likeness (QED) is 0.677. The summed E-state index contributed by atoms with van der Waals surface area (Å²) in [7, 11) is 0. The molecule has 0 aliphatic heterocycles. The van der Waals surface area contributed by atoms with E-state index in [1.54, 1.807) is 0 Å². The highest BCUT2D eigenvalue weighted by atomic mass is 15.2. The van der Waals surface area contributed by atoms with Gasteiger partial charge in [0.2, 0.25) is 0 Å². The summed E-state index contributed by atoms with van der Waals surface area (Å²) in [6.07, 6.45) is 4.57. The molecule has 9 heteroatoms. The molecule has 0 spiro atoms. The molecule has 0 aliphatic carbocycles. The second kappa shape index (κ2) is 10.2. The fourth-order valence-corrected chi connectivity index (χ4v) is 1.48. The average Bonchev–Trinajstić information content (AvgIpc) is 3.29. The summed E-state index contributed by atoms with van der Waals surface area (Å²) in [5.74, 6) is 4.22. The number of aromatic nitrogens is 9. The number of nitrogens with one attached hydrogen (secondary N) is 3. The van der Waals surface area contributed by atoms with E-state index in [1.807, 2.05) is 0 Å². The summed E-state index contributed by atoms with van der Waals surface area (Å²) in [5, 5.41) is 19.4. The van der Waals surface area contributed by atoms with Crippen molar-refractivity contribution in [3.8, 4) is 0 Å². The van der Waals surface area contributed by atoms with Crippen LogP contribution < -0.4 is 0 Å². The minimum atomic E-state index is 0.456. The maximum atomic E-state index is 3.95. The van der Waals surface area contributed by atoms with Crippen molar-refractivity contribution in [3.63, 3.8) is 0 Å². The predicted molar refractivity (Wildman–Crippen MR) is 91.4 cm³/mol. The average molecular weight is 333 g/mol. The molecule has 0 radical (unpaired) electrons. The van der Waals surface area contributed by atoms with Crippen LogP contribution in [0.2, 0.25) is 0 Å². The van der Waals surface area contributed by atoms with Gasteiger partial charge in [0, 0.05) is 17.8 Å². The van der Waals surface area contributed by atoms with Crippen LogP contribution >= 0.6 is 0 Å². The Morgan fingerprint density at radius 1 is 0.542 bits per heavy atom. The first-order valence-corrected chi connectivity index (χ1v) is 7.97.